The molecule has 6 nitrogen and oxygen atoms in total. The van der Waals surface area contributed by atoms with Crippen LogP contribution in [0.2, 0.25) is 0 Å². The molecule has 0 aromatic rings. The van der Waals surface area contributed by atoms with E-state index in [4.69, 9.17) is 4.55 Å². The predicted molar refractivity (Wildman–Crippen MR) is 47.7 cm³/mol. The van der Waals surface area contributed by atoms with Crippen LogP contribution in [-0.4, -0.2) is 61.8 Å². The van der Waals surface area contributed by atoms with E-state index in [0.717, 1.165) is 26.2 Å². The largest absolute Gasteiger partial charge is 1.00 e. The summed E-state index contributed by atoms with van der Waals surface area (Å²) >= 11 is 0. The van der Waals surface area contributed by atoms with E-state index in [1.165, 1.54) is 0 Å². The van der Waals surface area contributed by atoms with Gasteiger partial charge >= 0.3 is 29.6 Å². The Morgan fingerprint density at radius 1 is 1.29 bits per heavy atom. The summed E-state index contributed by atoms with van der Waals surface area (Å²) in [6.07, 6.45) is 0. The third-order valence-corrected chi connectivity index (χ3v) is 2.57. The van der Waals surface area contributed by atoms with Gasteiger partial charge in [-0.1, -0.05) is 0 Å². The molecule has 0 aromatic carbocycles. The van der Waals surface area contributed by atoms with E-state index < -0.39 is 10.1 Å². The van der Waals surface area contributed by atoms with Gasteiger partial charge in [-0.3, -0.25) is 9.45 Å². The smallest absolute Gasteiger partial charge is 0.870 e. The summed E-state index contributed by atoms with van der Waals surface area (Å²) < 4.78 is 29.3. The molecule has 1 heterocycles. The van der Waals surface area contributed by atoms with Crippen molar-refractivity contribution in [3.05, 3.63) is 0 Å². The quantitative estimate of drug-likeness (QED) is 0.378. The van der Waals surface area contributed by atoms with Crippen LogP contribution < -0.4 is 34.9 Å². The minimum Gasteiger partial charge on any atom is -0.870 e. The maximum absolute atomic E-state index is 10.4. The molecule has 0 amide bonds. The van der Waals surface area contributed by atoms with Crippen LogP contribution in [0.3, 0.4) is 0 Å². The molecule has 1 saturated heterocycles. The Bertz CT molecular complexity index is 228. The van der Waals surface area contributed by atoms with Crippen LogP contribution in [0, 0.1) is 0 Å². The first-order chi connectivity index (χ1) is 5.58. The molecule has 0 atom stereocenters. The van der Waals surface area contributed by atoms with Crippen LogP contribution in [0.25, 0.3) is 0 Å². The van der Waals surface area contributed by atoms with E-state index in [0.29, 0.717) is 6.54 Å². The number of hydrogen-bond acceptors (Lipinski definition) is 5. The number of nitrogens with one attached hydrogen (secondary N) is 1. The fourth-order valence-corrected chi connectivity index (χ4v) is 1.67. The predicted octanol–water partition coefficient (Wildman–Crippen LogP) is -4.39. The Kier molecular flexibility index (Phi) is 9.83. The zero-order valence-electron chi connectivity index (χ0n) is 8.31. The van der Waals surface area contributed by atoms with Gasteiger partial charge in [-0.15, -0.1) is 0 Å². The van der Waals surface area contributed by atoms with Crippen LogP contribution in [0.15, 0.2) is 0 Å². The van der Waals surface area contributed by atoms with Crippen molar-refractivity contribution in [2.75, 3.05) is 38.5 Å². The number of rotatable bonds is 3. The molecule has 0 radical (unpaired) electrons. The maximum Gasteiger partial charge on any atom is 1.00 e. The topological polar surface area (TPSA) is 99.6 Å². The Balaban J connectivity index is 0. The van der Waals surface area contributed by atoms with Crippen molar-refractivity contribution in [2.24, 2.45) is 0 Å². The third-order valence-electron chi connectivity index (χ3n) is 1.88. The SMILES string of the molecule is O=S(=O)(O)CCN1CCNCC1.[Na+].[OH-]. The van der Waals surface area contributed by atoms with Gasteiger partial charge in [-0.2, -0.15) is 8.42 Å². The van der Waals surface area contributed by atoms with Crippen molar-refractivity contribution >= 4 is 10.1 Å². The zero-order chi connectivity index (χ0) is 9.03. The summed E-state index contributed by atoms with van der Waals surface area (Å²) in [6, 6.07) is 0. The minimum absolute atomic E-state index is 0. The van der Waals surface area contributed by atoms with Gasteiger partial charge in [0.25, 0.3) is 10.1 Å². The first kappa shape index (κ1) is 17.2. The summed E-state index contributed by atoms with van der Waals surface area (Å²) in [5, 5.41) is 3.16. The maximum atomic E-state index is 10.4. The average Bonchev–Trinajstić information content (AvgIpc) is 2.02. The van der Waals surface area contributed by atoms with E-state index in [-0.39, 0.29) is 40.8 Å². The van der Waals surface area contributed by atoms with Crippen LogP contribution in [0.5, 0.6) is 0 Å². The Morgan fingerprint density at radius 3 is 2.21 bits per heavy atom. The summed E-state index contributed by atoms with van der Waals surface area (Å²) in [5.74, 6) is -0.160. The van der Waals surface area contributed by atoms with Gasteiger partial charge in [0.15, 0.2) is 0 Å². The van der Waals surface area contributed by atoms with Crippen molar-refractivity contribution in [1.82, 2.24) is 10.2 Å². The number of piperazine rings is 1. The van der Waals surface area contributed by atoms with Gasteiger partial charge in [0.2, 0.25) is 0 Å². The molecule has 8 heteroatoms. The number of nitrogens with zero attached hydrogens (tertiary/aromatic N) is 1. The van der Waals surface area contributed by atoms with E-state index in [9.17, 15) is 8.42 Å². The van der Waals surface area contributed by atoms with E-state index in [1.54, 1.807) is 0 Å². The molecule has 1 fully saturated rings. The Labute approximate surface area is 106 Å². The summed E-state index contributed by atoms with van der Waals surface area (Å²) in [6.45, 7) is 3.93. The van der Waals surface area contributed by atoms with Crippen LogP contribution >= 0.6 is 0 Å². The second kappa shape index (κ2) is 8.00. The van der Waals surface area contributed by atoms with Crippen LogP contribution in [-0.2, 0) is 10.1 Å². The summed E-state index contributed by atoms with van der Waals surface area (Å²) in [4.78, 5) is 2.02. The molecule has 1 aliphatic rings. The molecule has 80 valence electrons. The Morgan fingerprint density at radius 2 is 1.79 bits per heavy atom. The van der Waals surface area contributed by atoms with Gasteiger partial charge in [0.1, 0.15) is 0 Å². The minimum atomic E-state index is -3.79. The molecule has 0 unspecified atom stereocenters. The van der Waals surface area contributed by atoms with Crippen molar-refractivity contribution in [3.63, 3.8) is 0 Å². The van der Waals surface area contributed by atoms with Gasteiger partial charge < -0.3 is 10.8 Å². The summed E-state index contributed by atoms with van der Waals surface area (Å²) in [5.41, 5.74) is 0. The molecular weight excluding hydrogens is 219 g/mol. The molecule has 0 aromatic heterocycles. The molecular formula is C6H15N2NaO4S. The monoisotopic (exact) mass is 234 g/mol. The molecule has 0 saturated carbocycles. The second-order valence-corrected chi connectivity index (χ2v) is 4.45. The van der Waals surface area contributed by atoms with Gasteiger partial charge in [0, 0.05) is 32.7 Å². The summed E-state index contributed by atoms with van der Waals surface area (Å²) in [7, 11) is -3.79. The molecule has 14 heavy (non-hydrogen) atoms. The van der Waals surface area contributed by atoms with Gasteiger partial charge in [-0.25, -0.2) is 0 Å². The first-order valence-corrected chi connectivity index (χ1v) is 5.57. The standard InChI is InChI=1S/C6H14N2O3S.Na.H2O/c9-12(10,11)6-5-8-3-1-7-2-4-8;;/h7H,1-6H2,(H,9,10,11);;1H2/q;+1;/p-1. The van der Waals surface area contributed by atoms with Crippen LogP contribution in [0.1, 0.15) is 0 Å². The molecule has 3 N–H and O–H groups in total. The molecule has 1 rings (SSSR count). The molecule has 0 spiro atoms. The fraction of sp³-hybridized carbons (Fsp3) is 1.00. The van der Waals surface area contributed by atoms with Crippen LogP contribution in [0.4, 0.5) is 0 Å². The molecule has 0 bridgehead atoms. The fourth-order valence-electron chi connectivity index (χ4n) is 1.18. The zero-order valence-corrected chi connectivity index (χ0v) is 11.1. The normalized spacial score (nSPS) is 18.1. The first-order valence-electron chi connectivity index (χ1n) is 3.96. The van der Waals surface area contributed by atoms with Crippen molar-refractivity contribution in [3.8, 4) is 0 Å². The van der Waals surface area contributed by atoms with E-state index in [1.807, 2.05) is 4.90 Å². The molecule has 0 aliphatic carbocycles. The van der Waals surface area contributed by atoms with Crippen molar-refractivity contribution in [1.29, 1.82) is 0 Å². The van der Waals surface area contributed by atoms with E-state index >= 15 is 0 Å². The molecule has 1 aliphatic heterocycles. The number of hydrogen-bond donors (Lipinski definition) is 2. The Hall–Kier alpha value is 0.790. The van der Waals surface area contributed by atoms with Gasteiger partial charge in [-0.05, 0) is 0 Å². The van der Waals surface area contributed by atoms with E-state index in [2.05, 4.69) is 5.32 Å². The van der Waals surface area contributed by atoms with Crippen molar-refractivity contribution in [2.45, 2.75) is 0 Å². The van der Waals surface area contributed by atoms with Crippen molar-refractivity contribution < 1.29 is 48.0 Å². The van der Waals surface area contributed by atoms with Gasteiger partial charge in [0.05, 0.1) is 5.75 Å². The second-order valence-electron chi connectivity index (χ2n) is 2.88. The average molecular weight is 234 g/mol. The third kappa shape index (κ3) is 8.13.